The van der Waals surface area contributed by atoms with Gasteiger partial charge in [0, 0.05) is 45.5 Å². The summed E-state index contributed by atoms with van der Waals surface area (Å²) in [4.78, 5) is 17.1. The Bertz CT molecular complexity index is 617. The summed E-state index contributed by atoms with van der Waals surface area (Å²) in [6.07, 6.45) is 7.80. The lowest BCUT2D eigenvalue weighted by atomic mass is 9.76. The van der Waals surface area contributed by atoms with Crippen molar-refractivity contribution in [3.05, 3.63) is 18.0 Å². The summed E-state index contributed by atoms with van der Waals surface area (Å²) in [6.45, 7) is 4.66. The molecule has 0 bridgehead atoms. The van der Waals surface area contributed by atoms with Crippen LogP contribution < -0.4 is 0 Å². The molecule has 0 aromatic carbocycles. The van der Waals surface area contributed by atoms with Gasteiger partial charge < -0.3 is 14.5 Å². The summed E-state index contributed by atoms with van der Waals surface area (Å²) in [5.74, 6) is 0.951. The zero-order valence-corrected chi connectivity index (χ0v) is 15.5. The average molecular weight is 346 g/mol. The zero-order chi connectivity index (χ0) is 17.4. The van der Waals surface area contributed by atoms with E-state index in [4.69, 9.17) is 4.74 Å². The van der Waals surface area contributed by atoms with Gasteiger partial charge in [0.05, 0.1) is 6.61 Å². The lowest BCUT2D eigenvalue weighted by Gasteiger charge is -2.39. The van der Waals surface area contributed by atoms with Gasteiger partial charge in [0.2, 0.25) is 0 Å². The van der Waals surface area contributed by atoms with E-state index in [0.29, 0.717) is 17.2 Å². The Kier molecular flexibility index (Phi) is 4.58. The molecule has 3 heterocycles. The number of aryl methyl sites for hydroxylation is 1. The predicted molar refractivity (Wildman–Crippen MR) is 95.4 cm³/mol. The van der Waals surface area contributed by atoms with Crippen LogP contribution in [-0.4, -0.2) is 71.4 Å². The van der Waals surface area contributed by atoms with Crippen molar-refractivity contribution in [2.24, 2.45) is 18.4 Å². The molecule has 1 atom stereocenters. The third-order valence-corrected chi connectivity index (χ3v) is 6.39. The Morgan fingerprint density at radius 3 is 2.68 bits per heavy atom. The van der Waals surface area contributed by atoms with Crippen LogP contribution in [0, 0.1) is 11.3 Å². The number of hydrogen-bond acceptors (Lipinski definition) is 4. The SMILES string of the molecule is CN1CC2(CCN(C(=O)c3ccnn3C)CC2)C[C@@H]1COCC1CC1. The second-order valence-corrected chi connectivity index (χ2v) is 8.39. The fraction of sp³-hybridized carbons (Fsp3) is 0.789. The van der Waals surface area contributed by atoms with Crippen LogP contribution in [0.5, 0.6) is 0 Å². The maximum Gasteiger partial charge on any atom is 0.272 e. The number of aromatic nitrogens is 2. The van der Waals surface area contributed by atoms with E-state index in [2.05, 4.69) is 17.0 Å². The second kappa shape index (κ2) is 6.72. The minimum absolute atomic E-state index is 0.116. The van der Waals surface area contributed by atoms with Crippen molar-refractivity contribution in [3.8, 4) is 0 Å². The molecule has 0 unspecified atom stereocenters. The molecule has 1 aromatic rings. The molecule has 6 heteroatoms. The number of rotatable bonds is 5. The first-order valence-electron chi connectivity index (χ1n) is 9.62. The quantitative estimate of drug-likeness (QED) is 0.815. The molecule has 1 aromatic heterocycles. The standard InChI is InChI=1S/C19H30N4O2/c1-21-14-19(11-16(21)13-25-12-15-3-4-15)6-9-23(10-7-19)18(24)17-5-8-20-22(17)2/h5,8,15-16H,3-4,6-7,9-14H2,1-2H3/t16-/m1/s1. The van der Waals surface area contributed by atoms with Gasteiger partial charge in [0.15, 0.2) is 0 Å². The van der Waals surface area contributed by atoms with Crippen molar-refractivity contribution < 1.29 is 9.53 Å². The predicted octanol–water partition coefficient (Wildman–Crippen LogP) is 1.77. The summed E-state index contributed by atoms with van der Waals surface area (Å²) in [7, 11) is 4.06. The highest BCUT2D eigenvalue weighted by atomic mass is 16.5. The van der Waals surface area contributed by atoms with Gasteiger partial charge in [-0.25, -0.2) is 0 Å². The molecule has 3 fully saturated rings. The molecule has 1 saturated carbocycles. The Morgan fingerprint density at radius 2 is 2.04 bits per heavy atom. The Morgan fingerprint density at radius 1 is 1.28 bits per heavy atom. The minimum atomic E-state index is 0.116. The lowest BCUT2D eigenvalue weighted by molar-refractivity contribution is 0.0578. The van der Waals surface area contributed by atoms with Crippen molar-refractivity contribution in [2.45, 2.75) is 38.1 Å². The van der Waals surface area contributed by atoms with Crippen molar-refractivity contribution in [3.63, 3.8) is 0 Å². The van der Waals surface area contributed by atoms with E-state index >= 15 is 0 Å². The Balaban J connectivity index is 1.30. The van der Waals surface area contributed by atoms with Crippen LogP contribution in [0.1, 0.15) is 42.6 Å². The number of amides is 1. The van der Waals surface area contributed by atoms with Crippen molar-refractivity contribution >= 4 is 5.91 Å². The number of ether oxygens (including phenoxy) is 1. The summed E-state index contributed by atoms with van der Waals surface area (Å²) < 4.78 is 7.62. The van der Waals surface area contributed by atoms with E-state index in [1.165, 1.54) is 19.3 Å². The van der Waals surface area contributed by atoms with Gasteiger partial charge >= 0.3 is 0 Å². The van der Waals surface area contributed by atoms with Crippen LogP contribution in [-0.2, 0) is 11.8 Å². The minimum Gasteiger partial charge on any atom is -0.380 e. The summed E-state index contributed by atoms with van der Waals surface area (Å²) in [6, 6.07) is 2.35. The van der Waals surface area contributed by atoms with Crippen LogP contribution in [0.4, 0.5) is 0 Å². The molecule has 25 heavy (non-hydrogen) atoms. The molecule has 1 spiro atoms. The topological polar surface area (TPSA) is 50.6 Å². The third-order valence-electron chi connectivity index (χ3n) is 6.39. The van der Waals surface area contributed by atoms with Crippen molar-refractivity contribution in [2.75, 3.05) is 39.9 Å². The van der Waals surface area contributed by atoms with E-state index in [1.807, 2.05) is 18.0 Å². The molecule has 0 N–H and O–H groups in total. The highest BCUT2D eigenvalue weighted by Crippen LogP contribution is 2.43. The van der Waals surface area contributed by atoms with E-state index < -0.39 is 0 Å². The van der Waals surface area contributed by atoms with Crippen LogP contribution in [0.25, 0.3) is 0 Å². The van der Waals surface area contributed by atoms with E-state index in [0.717, 1.165) is 51.6 Å². The molecule has 138 valence electrons. The number of nitrogens with zero attached hydrogens (tertiary/aromatic N) is 4. The molecule has 1 amide bonds. The smallest absolute Gasteiger partial charge is 0.272 e. The number of hydrogen-bond donors (Lipinski definition) is 0. The fourth-order valence-corrected chi connectivity index (χ4v) is 4.51. The first kappa shape index (κ1) is 17.0. The van der Waals surface area contributed by atoms with Gasteiger partial charge in [-0.05, 0) is 56.6 Å². The van der Waals surface area contributed by atoms with E-state index in [-0.39, 0.29) is 5.91 Å². The van der Waals surface area contributed by atoms with Crippen LogP contribution in [0.3, 0.4) is 0 Å². The van der Waals surface area contributed by atoms with Gasteiger partial charge in [-0.3, -0.25) is 9.48 Å². The second-order valence-electron chi connectivity index (χ2n) is 8.39. The number of likely N-dealkylation sites (N-methyl/N-ethyl adjacent to an activating group) is 1. The molecule has 2 aliphatic heterocycles. The maximum absolute atomic E-state index is 12.7. The molecule has 6 nitrogen and oxygen atoms in total. The van der Waals surface area contributed by atoms with Gasteiger partial charge in [-0.2, -0.15) is 5.10 Å². The monoisotopic (exact) mass is 346 g/mol. The molecular formula is C19H30N4O2. The number of carbonyl (C=O) groups excluding carboxylic acids is 1. The fourth-order valence-electron chi connectivity index (χ4n) is 4.51. The lowest BCUT2D eigenvalue weighted by Crippen LogP contribution is -2.44. The first-order chi connectivity index (χ1) is 12.1. The van der Waals surface area contributed by atoms with Gasteiger partial charge in [0.1, 0.15) is 5.69 Å². The Labute approximate surface area is 150 Å². The van der Waals surface area contributed by atoms with E-state index in [9.17, 15) is 4.79 Å². The average Bonchev–Trinajstić information content (AvgIpc) is 3.24. The number of piperidine rings is 1. The maximum atomic E-state index is 12.7. The van der Waals surface area contributed by atoms with Gasteiger partial charge in [-0.15, -0.1) is 0 Å². The zero-order valence-electron chi connectivity index (χ0n) is 15.5. The number of likely N-dealkylation sites (tertiary alicyclic amines) is 2. The van der Waals surface area contributed by atoms with E-state index in [1.54, 1.807) is 10.9 Å². The molecular weight excluding hydrogens is 316 g/mol. The molecule has 3 aliphatic rings. The van der Waals surface area contributed by atoms with Crippen molar-refractivity contribution in [1.82, 2.24) is 19.6 Å². The summed E-state index contributed by atoms with van der Waals surface area (Å²) >= 11 is 0. The number of carbonyl (C=O) groups is 1. The molecule has 0 radical (unpaired) electrons. The summed E-state index contributed by atoms with van der Waals surface area (Å²) in [5, 5.41) is 4.12. The normalized spacial score (nSPS) is 26.5. The highest BCUT2D eigenvalue weighted by Gasteiger charge is 2.45. The van der Waals surface area contributed by atoms with Crippen LogP contribution in [0.2, 0.25) is 0 Å². The molecule has 4 rings (SSSR count). The van der Waals surface area contributed by atoms with Gasteiger partial charge in [-0.1, -0.05) is 0 Å². The van der Waals surface area contributed by atoms with Crippen LogP contribution in [0.15, 0.2) is 12.3 Å². The first-order valence-corrected chi connectivity index (χ1v) is 9.62. The summed E-state index contributed by atoms with van der Waals surface area (Å²) in [5.41, 5.74) is 1.05. The molecule has 2 saturated heterocycles. The Hall–Kier alpha value is -1.40. The van der Waals surface area contributed by atoms with Crippen LogP contribution >= 0.6 is 0 Å². The van der Waals surface area contributed by atoms with Crippen molar-refractivity contribution in [1.29, 1.82) is 0 Å². The molecule has 1 aliphatic carbocycles. The largest absolute Gasteiger partial charge is 0.380 e. The highest BCUT2D eigenvalue weighted by molar-refractivity contribution is 5.92. The van der Waals surface area contributed by atoms with Gasteiger partial charge in [0.25, 0.3) is 5.91 Å². The third kappa shape index (κ3) is 3.60.